The Hall–Kier alpha value is -1.22. The molecule has 1 aromatic rings. The van der Waals surface area contributed by atoms with Gasteiger partial charge in [-0.25, -0.2) is 0 Å². The maximum absolute atomic E-state index is 5.64. The zero-order valence-electron chi connectivity index (χ0n) is 11.8. The summed E-state index contributed by atoms with van der Waals surface area (Å²) in [5.41, 5.74) is 1.28. The zero-order valence-corrected chi connectivity index (χ0v) is 11.8. The lowest BCUT2D eigenvalue weighted by atomic mass is 10.1. The Morgan fingerprint density at radius 1 is 1.26 bits per heavy atom. The van der Waals surface area contributed by atoms with Crippen LogP contribution >= 0.6 is 0 Å². The van der Waals surface area contributed by atoms with E-state index in [1.165, 1.54) is 24.8 Å². The first kappa shape index (κ1) is 12.8. The second kappa shape index (κ2) is 5.41. The van der Waals surface area contributed by atoms with Gasteiger partial charge in [0.05, 0.1) is 0 Å². The molecule has 1 aliphatic carbocycles. The molecule has 3 atom stereocenters. The van der Waals surface area contributed by atoms with Crippen LogP contribution in [-0.2, 0) is 0 Å². The van der Waals surface area contributed by atoms with Crippen molar-refractivity contribution < 1.29 is 9.47 Å². The van der Waals surface area contributed by atoms with Crippen LogP contribution in [0.25, 0.3) is 0 Å². The van der Waals surface area contributed by atoms with Crippen molar-refractivity contribution in [3.63, 3.8) is 0 Å². The molecule has 104 valence electrons. The Kier molecular flexibility index (Phi) is 3.65. The smallest absolute Gasteiger partial charge is 0.161 e. The van der Waals surface area contributed by atoms with Crippen LogP contribution in [0.1, 0.15) is 44.7 Å². The minimum atomic E-state index is 0.377. The first-order chi connectivity index (χ1) is 9.28. The Labute approximate surface area is 115 Å². The van der Waals surface area contributed by atoms with E-state index < -0.39 is 0 Å². The van der Waals surface area contributed by atoms with E-state index in [1.54, 1.807) is 0 Å². The lowest BCUT2D eigenvalue weighted by Crippen LogP contribution is -2.23. The van der Waals surface area contributed by atoms with E-state index in [0.717, 1.165) is 17.4 Å². The molecule has 1 saturated carbocycles. The summed E-state index contributed by atoms with van der Waals surface area (Å²) in [5.74, 6) is 2.65. The Morgan fingerprint density at radius 3 is 2.84 bits per heavy atom. The van der Waals surface area contributed by atoms with E-state index in [1.807, 2.05) is 6.07 Å². The number of nitrogens with one attached hydrogen (secondary N) is 1. The van der Waals surface area contributed by atoms with Gasteiger partial charge in [-0.1, -0.05) is 19.4 Å². The molecule has 1 heterocycles. The van der Waals surface area contributed by atoms with Crippen LogP contribution in [0.15, 0.2) is 18.2 Å². The number of benzene rings is 1. The summed E-state index contributed by atoms with van der Waals surface area (Å²) in [5, 5.41) is 3.72. The van der Waals surface area contributed by atoms with Crippen molar-refractivity contribution in [3.05, 3.63) is 23.8 Å². The first-order valence-electron chi connectivity index (χ1n) is 7.43. The van der Waals surface area contributed by atoms with Gasteiger partial charge in [0.2, 0.25) is 0 Å². The fourth-order valence-corrected chi connectivity index (χ4v) is 2.89. The Bertz CT molecular complexity index is 446. The quantitative estimate of drug-likeness (QED) is 0.882. The second-order valence-electron chi connectivity index (χ2n) is 5.68. The zero-order chi connectivity index (χ0) is 13.2. The monoisotopic (exact) mass is 261 g/mol. The fraction of sp³-hybridized carbons (Fsp3) is 0.625. The Balaban J connectivity index is 1.62. The van der Waals surface area contributed by atoms with Crippen LogP contribution in [0.3, 0.4) is 0 Å². The van der Waals surface area contributed by atoms with Crippen molar-refractivity contribution in [1.82, 2.24) is 5.32 Å². The van der Waals surface area contributed by atoms with Crippen LogP contribution in [0.2, 0.25) is 0 Å². The molecule has 0 saturated heterocycles. The number of rotatable bonds is 5. The van der Waals surface area contributed by atoms with Gasteiger partial charge in [0.25, 0.3) is 0 Å². The van der Waals surface area contributed by atoms with Crippen molar-refractivity contribution >= 4 is 0 Å². The van der Waals surface area contributed by atoms with Gasteiger partial charge < -0.3 is 14.8 Å². The fourth-order valence-electron chi connectivity index (χ4n) is 2.89. The molecule has 0 radical (unpaired) electrons. The van der Waals surface area contributed by atoms with E-state index >= 15 is 0 Å². The predicted octanol–water partition coefficient (Wildman–Crippen LogP) is 3.30. The van der Waals surface area contributed by atoms with Crippen LogP contribution in [0.5, 0.6) is 11.5 Å². The van der Waals surface area contributed by atoms with Gasteiger partial charge in [-0.2, -0.15) is 0 Å². The van der Waals surface area contributed by atoms with Gasteiger partial charge in [-0.05, 0) is 43.4 Å². The summed E-state index contributed by atoms with van der Waals surface area (Å²) in [6, 6.07) is 7.37. The van der Waals surface area contributed by atoms with Crippen molar-refractivity contribution in [1.29, 1.82) is 0 Å². The molecule has 3 unspecified atom stereocenters. The topological polar surface area (TPSA) is 30.5 Å². The third kappa shape index (κ3) is 2.86. The average Bonchev–Trinajstić information content (AvgIpc) is 3.16. The molecule has 1 N–H and O–H groups in total. The van der Waals surface area contributed by atoms with Crippen LogP contribution < -0.4 is 14.8 Å². The van der Waals surface area contributed by atoms with E-state index in [2.05, 4.69) is 31.3 Å². The van der Waals surface area contributed by atoms with Crippen LogP contribution in [0, 0.1) is 5.92 Å². The summed E-state index contributed by atoms with van der Waals surface area (Å²) < 4.78 is 11.2. The van der Waals surface area contributed by atoms with Crippen molar-refractivity contribution in [3.8, 4) is 11.5 Å². The van der Waals surface area contributed by atoms with Gasteiger partial charge in [0.15, 0.2) is 11.5 Å². The third-order valence-electron chi connectivity index (χ3n) is 4.11. The molecule has 0 aromatic heterocycles. The highest BCUT2D eigenvalue weighted by Gasteiger charge is 2.36. The van der Waals surface area contributed by atoms with Crippen LogP contribution in [0.4, 0.5) is 0 Å². The molecular weight excluding hydrogens is 238 g/mol. The minimum absolute atomic E-state index is 0.377. The number of hydrogen-bond donors (Lipinski definition) is 1. The molecule has 2 aliphatic rings. The lowest BCUT2D eigenvalue weighted by Gasteiger charge is -2.21. The molecule has 0 amide bonds. The molecular formula is C16H23NO2. The van der Waals surface area contributed by atoms with Gasteiger partial charge in [-0.15, -0.1) is 0 Å². The first-order valence-corrected chi connectivity index (χ1v) is 7.43. The molecule has 1 aliphatic heterocycles. The van der Waals surface area contributed by atoms with E-state index in [4.69, 9.17) is 9.47 Å². The molecule has 3 heteroatoms. The maximum atomic E-state index is 5.64. The van der Waals surface area contributed by atoms with E-state index in [0.29, 0.717) is 25.3 Å². The molecule has 3 rings (SSSR count). The summed E-state index contributed by atoms with van der Waals surface area (Å²) in [4.78, 5) is 0. The molecule has 0 bridgehead atoms. The lowest BCUT2D eigenvalue weighted by molar-refractivity contribution is 0.171. The highest BCUT2D eigenvalue weighted by molar-refractivity contribution is 5.44. The maximum Gasteiger partial charge on any atom is 0.161 e. The standard InChI is InChI=1S/C16H23NO2/c1-3-4-13-9-14(13)17-11(2)12-5-6-15-16(10-12)19-8-7-18-15/h5-6,10-11,13-14,17H,3-4,7-9H2,1-2H3. The highest BCUT2D eigenvalue weighted by Crippen LogP contribution is 2.37. The molecule has 3 nitrogen and oxygen atoms in total. The SMILES string of the molecule is CCCC1CC1NC(C)c1ccc2c(c1)OCCO2. The molecule has 0 spiro atoms. The average molecular weight is 261 g/mol. The van der Waals surface area contributed by atoms with E-state index in [-0.39, 0.29) is 0 Å². The van der Waals surface area contributed by atoms with Crippen LogP contribution in [-0.4, -0.2) is 19.3 Å². The largest absolute Gasteiger partial charge is 0.486 e. The Morgan fingerprint density at radius 2 is 2.05 bits per heavy atom. The molecule has 1 fully saturated rings. The third-order valence-corrected chi connectivity index (χ3v) is 4.11. The number of fused-ring (bicyclic) bond motifs is 1. The number of ether oxygens (including phenoxy) is 2. The van der Waals surface area contributed by atoms with Crippen molar-refractivity contribution in [2.24, 2.45) is 5.92 Å². The van der Waals surface area contributed by atoms with Gasteiger partial charge in [0, 0.05) is 12.1 Å². The van der Waals surface area contributed by atoms with Gasteiger partial charge >= 0.3 is 0 Å². The number of hydrogen-bond acceptors (Lipinski definition) is 3. The summed E-state index contributed by atoms with van der Waals surface area (Å²) in [7, 11) is 0. The summed E-state index contributed by atoms with van der Waals surface area (Å²) in [6.45, 7) is 5.80. The summed E-state index contributed by atoms with van der Waals surface area (Å²) >= 11 is 0. The van der Waals surface area contributed by atoms with Gasteiger partial charge in [-0.3, -0.25) is 0 Å². The normalized spacial score (nSPS) is 26.0. The van der Waals surface area contributed by atoms with Crippen molar-refractivity contribution in [2.45, 2.75) is 45.2 Å². The predicted molar refractivity (Wildman–Crippen MR) is 75.8 cm³/mol. The molecule has 1 aromatic carbocycles. The van der Waals surface area contributed by atoms with Gasteiger partial charge in [0.1, 0.15) is 13.2 Å². The summed E-state index contributed by atoms with van der Waals surface area (Å²) in [6.07, 6.45) is 3.98. The second-order valence-corrected chi connectivity index (χ2v) is 5.68. The molecule has 19 heavy (non-hydrogen) atoms. The van der Waals surface area contributed by atoms with Crippen molar-refractivity contribution in [2.75, 3.05) is 13.2 Å². The van der Waals surface area contributed by atoms with E-state index in [9.17, 15) is 0 Å². The minimum Gasteiger partial charge on any atom is -0.486 e. The highest BCUT2D eigenvalue weighted by atomic mass is 16.6.